The van der Waals surface area contributed by atoms with Gasteiger partial charge in [0.25, 0.3) is 0 Å². The van der Waals surface area contributed by atoms with Crippen molar-refractivity contribution in [2.45, 2.75) is 13.5 Å². The van der Waals surface area contributed by atoms with Crippen molar-refractivity contribution >= 4 is 0 Å². The van der Waals surface area contributed by atoms with Gasteiger partial charge in [-0.15, -0.1) is 0 Å². The van der Waals surface area contributed by atoms with Crippen LogP contribution in [0.15, 0.2) is 23.0 Å². The summed E-state index contributed by atoms with van der Waals surface area (Å²) in [6.07, 6.45) is 3.43. The van der Waals surface area contributed by atoms with Crippen LogP contribution in [-0.2, 0) is 6.54 Å². The molecule has 12 heavy (non-hydrogen) atoms. The first-order valence-corrected chi connectivity index (χ1v) is 4.24. The number of nitrogens with two attached hydrogens (primary N) is 1. The van der Waals surface area contributed by atoms with Crippen molar-refractivity contribution in [1.82, 2.24) is 5.32 Å². The predicted molar refractivity (Wildman–Crippen MR) is 48.6 cm³/mol. The number of nitrogens with one attached hydrogen (secondary N) is 1. The van der Waals surface area contributed by atoms with E-state index in [1.54, 1.807) is 12.5 Å². The molecule has 1 aromatic rings. The first kappa shape index (κ1) is 9.29. The lowest BCUT2D eigenvalue weighted by Crippen LogP contribution is -2.25. The Hall–Kier alpha value is -0.800. The van der Waals surface area contributed by atoms with Gasteiger partial charge >= 0.3 is 0 Å². The Kier molecular flexibility index (Phi) is 3.84. The van der Waals surface area contributed by atoms with E-state index >= 15 is 0 Å². The highest BCUT2D eigenvalue weighted by Crippen LogP contribution is 1.98. The van der Waals surface area contributed by atoms with Gasteiger partial charge in [0.15, 0.2) is 0 Å². The van der Waals surface area contributed by atoms with E-state index in [1.165, 1.54) is 5.56 Å². The molecular weight excluding hydrogens is 152 g/mol. The van der Waals surface area contributed by atoms with Crippen LogP contribution in [0, 0.1) is 5.92 Å². The number of hydrogen-bond acceptors (Lipinski definition) is 3. The molecule has 68 valence electrons. The van der Waals surface area contributed by atoms with E-state index in [2.05, 4.69) is 12.2 Å². The zero-order valence-corrected chi connectivity index (χ0v) is 7.42. The smallest absolute Gasteiger partial charge is 0.0947 e. The molecule has 0 radical (unpaired) electrons. The minimum atomic E-state index is 0.539. The second-order valence-electron chi connectivity index (χ2n) is 3.10. The lowest BCUT2D eigenvalue weighted by atomic mass is 10.2. The molecule has 1 heterocycles. The van der Waals surface area contributed by atoms with Gasteiger partial charge in [-0.05, 0) is 25.1 Å². The molecule has 0 saturated heterocycles. The van der Waals surface area contributed by atoms with Crippen LogP contribution >= 0.6 is 0 Å². The number of furan rings is 1. The van der Waals surface area contributed by atoms with Gasteiger partial charge in [-0.25, -0.2) is 0 Å². The van der Waals surface area contributed by atoms with E-state index in [1.807, 2.05) is 6.07 Å². The summed E-state index contributed by atoms with van der Waals surface area (Å²) in [7, 11) is 0. The van der Waals surface area contributed by atoms with E-state index in [4.69, 9.17) is 10.2 Å². The topological polar surface area (TPSA) is 51.2 Å². The van der Waals surface area contributed by atoms with E-state index in [0.29, 0.717) is 5.92 Å². The maximum Gasteiger partial charge on any atom is 0.0947 e. The average Bonchev–Trinajstić information content (AvgIpc) is 2.57. The van der Waals surface area contributed by atoms with Crippen molar-refractivity contribution in [1.29, 1.82) is 0 Å². The summed E-state index contributed by atoms with van der Waals surface area (Å²) >= 11 is 0. The van der Waals surface area contributed by atoms with E-state index in [-0.39, 0.29) is 0 Å². The van der Waals surface area contributed by atoms with E-state index < -0.39 is 0 Å². The highest BCUT2D eigenvalue weighted by Gasteiger charge is 1.98. The van der Waals surface area contributed by atoms with Gasteiger partial charge in [0.1, 0.15) is 0 Å². The average molecular weight is 168 g/mol. The molecule has 0 aromatic carbocycles. The standard InChI is InChI=1S/C9H16N2O/c1-8(4-10)5-11-6-9-2-3-12-7-9/h2-3,7-8,11H,4-6,10H2,1H3. The first-order valence-electron chi connectivity index (χ1n) is 4.24. The molecule has 0 aliphatic carbocycles. The van der Waals surface area contributed by atoms with Gasteiger partial charge < -0.3 is 15.5 Å². The third-order valence-corrected chi connectivity index (χ3v) is 1.80. The molecule has 0 aliphatic rings. The lowest BCUT2D eigenvalue weighted by molar-refractivity contribution is 0.517. The van der Waals surface area contributed by atoms with Crippen molar-refractivity contribution in [3.8, 4) is 0 Å². The van der Waals surface area contributed by atoms with Crippen LogP contribution in [0.2, 0.25) is 0 Å². The fourth-order valence-electron chi connectivity index (χ4n) is 0.939. The predicted octanol–water partition coefficient (Wildman–Crippen LogP) is 0.964. The molecule has 1 aromatic heterocycles. The Morgan fingerprint density at radius 2 is 2.50 bits per heavy atom. The van der Waals surface area contributed by atoms with Crippen molar-refractivity contribution in [2.24, 2.45) is 11.7 Å². The summed E-state index contributed by atoms with van der Waals surface area (Å²) < 4.78 is 4.93. The molecule has 1 unspecified atom stereocenters. The third kappa shape index (κ3) is 3.07. The van der Waals surface area contributed by atoms with E-state index in [9.17, 15) is 0 Å². The van der Waals surface area contributed by atoms with Crippen LogP contribution in [-0.4, -0.2) is 13.1 Å². The molecule has 0 amide bonds. The highest BCUT2D eigenvalue weighted by molar-refractivity contribution is 5.04. The highest BCUT2D eigenvalue weighted by atomic mass is 16.3. The Morgan fingerprint density at radius 3 is 3.08 bits per heavy atom. The van der Waals surface area contributed by atoms with Gasteiger partial charge in [-0.2, -0.15) is 0 Å². The van der Waals surface area contributed by atoms with Crippen LogP contribution in [0.4, 0.5) is 0 Å². The molecule has 3 heteroatoms. The second-order valence-corrected chi connectivity index (χ2v) is 3.10. The van der Waals surface area contributed by atoms with Crippen LogP contribution in [0.25, 0.3) is 0 Å². The molecule has 0 bridgehead atoms. The van der Waals surface area contributed by atoms with Crippen LogP contribution in [0.3, 0.4) is 0 Å². The Balaban J connectivity index is 2.11. The third-order valence-electron chi connectivity index (χ3n) is 1.80. The number of rotatable bonds is 5. The van der Waals surface area contributed by atoms with Crippen LogP contribution in [0.5, 0.6) is 0 Å². The quantitative estimate of drug-likeness (QED) is 0.688. The molecule has 0 spiro atoms. The summed E-state index contributed by atoms with van der Waals surface area (Å²) in [6, 6.07) is 1.96. The Bertz CT molecular complexity index is 196. The Morgan fingerprint density at radius 1 is 1.67 bits per heavy atom. The van der Waals surface area contributed by atoms with Gasteiger partial charge in [0.05, 0.1) is 12.5 Å². The zero-order chi connectivity index (χ0) is 8.81. The second kappa shape index (κ2) is 4.95. The van der Waals surface area contributed by atoms with Gasteiger partial charge in [0, 0.05) is 12.1 Å². The van der Waals surface area contributed by atoms with Crippen molar-refractivity contribution in [2.75, 3.05) is 13.1 Å². The zero-order valence-electron chi connectivity index (χ0n) is 7.42. The molecule has 1 rings (SSSR count). The molecule has 0 saturated carbocycles. The molecule has 0 fully saturated rings. The molecular formula is C9H16N2O. The molecule has 3 N–H and O–H groups in total. The van der Waals surface area contributed by atoms with Gasteiger partial charge in [-0.3, -0.25) is 0 Å². The summed E-state index contributed by atoms with van der Waals surface area (Å²) in [4.78, 5) is 0. The monoisotopic (exact) mass is 168 g/mol. The van der Waals surface area contributed by atoms with Crippen molar-refractivity contribution in [3.63, 3.8) is 0 Å². The molecule has 3 nitrogen and oxygen atoms in total. The van der Waals surface area contributed by atoms with Gasteiger partial charge in [0.2, 0.25) is 0 Å². The largest absolute Gasteiger partial charge is 0.472 e. The maximum absolute atomic E-state index is 5.47. The fourth-order valence-corrected chi connectivity index (χ4v) is 0.939. The van der Waals surface area contributed by atoms with E-state index in [0.717, 1.165) is 19.6 Å². The summed E-state index contributed by atoms with van der Waals surface area (Å²) in [6.45, 7) is 4.68. The molecule has 0 aliphatic heterocycles. The summed E-state index contributed by atoms with van der Waals surface area (Å²) in [5.41, 5.74) is 6.65. The normalized spacial score (nSPS) is 13.2. The fraction of sp³-hybridized carbons (Fsp3) is 0.556. The lowest BCUT2D eigenvalue weighted by Gasteiger charge is -2.08. The van der Waals surface area contributed by atoms with Crippen molar-refractivity contribution < 1.29 is 4.42 Å². The summed E-state index contributed by atoms with van der Waals surface area (Å²) in [5, 5.41) is 3.30. The minimum absolute atomic E-state index is 0.539. The van der Waals surface area contributed by atoms with Gasteiger partial charge in [-0.1, -0.05) is 6.92 Å². The van der Waals surface area contributed by atoms with Crippen LogP contribution < -0.4 is 11.1 Å². The Labute approximate surface area is 72.9 Å². The van der Waals surface area contributed by atoms with Crippen molar-refractivity contribution in [3.05, 3.63) is 24.2 Å². The SMILES string of the molecule is CC(CN)CNCc1ccoc1. The number of hydrogen-bond donors (Lipinski definition) is 2. The van der Waals surface area contributed by atoms with Crippen LogP contribution in [0.1, 0.15) is 12.5 Å². The summed E-state index contributed by atoms with van der Waals surface area (Å²) in [5.74, 6) is 0.539. The first-order chi connectivity index (χ1) is 5.83. The minimum Gasteiger partial charge on any atom is -0.472 e. The molecule has 1 atom stereocenters. The maximum atomic E-state index is 5.47.